The van der Waals surface area contributed by atoms with Gasteiger partial charge in [0.05, 0.1) is 5.56 Å². The van der Waals surface area contributed by atoms with E-state index in [9.17, 15) is 32.7 Å². The van der Waals surface area contributed by atoms with E-state index in [0.29, 0.717) is 11.3 Å². The maximum atomic E-state index is 13.2. The number of amides is 2. The normalized spacial score (nSPS) is 12.6. The predicted octanol–water partition coefficient (Wildman–Crippen LogP) is 6.10. The van der Waals surface area contributed by atoms with Gasteiger partial charge in [-0.2, -0.15) is 24.9 Å². The van der Waals surface area contributed by atoms with E-state index in [0.717, 1.165) is 35.4 Å². The zero-order chi connectivity index (χ0) is 29.3. The van der Waals surface area contributed by atoms with Crippen molar-refractivity contribution < 1.29 is 32.7 Å². The maximum absolute atomic E-state index is 13.2. The van der Waals surface area contributed by atoms with E-state index in [-0.39, 0.29) is 22.9 Å². The Bertz CT molecular complexity index is 1340. The fraction of sp³-hybridized carbons (Fsp3) is 0.233. The molecule has 0 spiro atoms. The highest BCUT2D eigenvalue weighted by atomic mass is 32.2. The van der Waals surface area contributed by atoms with Gasteiger partial charge in [-0.25, -0.2) is 4.79 Å². The third kappa shape index (κ3) is 9.01. The van der Waals surface area contributed by atoms with E-state index in [4.69, 9.17) is 0 Å². The number of hydrogen-bond donors (Lipinski definition) is 3. The molecule has 10 heteroatoms. The fourth-order valence-electron chi connectivity index (χ4n) is 3.59. The van der Waals surface area contributed by atoms with Gasteiger partial charge < -0.3 is 15.7 Å². The minimum Gasteiger partial charge on any atom is -0.480 e. The summed E-state index contributed by atoms with van der Waals surface area (Å²) in [5.41, 5.74) is 1.35. The number of nitrogens with one attached hydrogen (secondary N) is 2. The summed E-state index contributed by atoms with van der Waals surface area (Å²) in [6.45, 7) is 4.05. The summed E-state index contributed by atoms with van der Waals surface area (Å²) >= 11 is 1.32. The molecule has 1 atom stereocenters. The number of carbonyl (C=O) groups excluding carboxylic acids is 2. The first kappa shape index (κ1) is 30.5. The van der Waals surface area contributed by atoms with Gasteiger partial charge in [0, 0.05) is 17.1 Å². The average molecular weight is 571 g/mol. The number of hydrogen-bond acceptors (Lipinski definition) is 4. The van der Waals surface area contributed by atoms with Crippen LogP contribution in [0.5, 0.6) is 0 Å². The van der Waals surface area contributed by atoms with Gasteiger partial charge in [0.25, 0.3) is 11.8 Å². The molecule has 0 aliphatic carbocycles. The van der Waals surface area contributed by atoms with Crippen molar-refractivity contribution in [1.82, 2.24) is 10.6 Å². The number of alkyl halides is 3. The van der Waals surface area contributed by atoms with E-state index in [1.807, 2.05) is 56.3 Å². The number of aliphatic carboxylic acids is 1. The summed E-state index contributed by atoms with van der Waals surface area (Å²) in [4.78, 5) is 38.0. The summed E-state index contributed by atoms with van der Waals surface area (Å²) < 4.78 is 38.7. The van der Waals surface area contributed by atoms with Crippen LogP contribution in [0, 0.1) is 0 Å². The predicted molar refractivity (Wildman–Crippen MR) is 150 cm³/mol. The summed E-state index contributed by atoms with van der Waals surface area (Å²) in [6, 6.07) is 19.0. The zero-order valence-corrected chi connectivity index (χ0v) is 22.7. The molecule has 0 heterocycles. The van der Waals surface area contributed by atoms with E-state index < -0.39 is 35.6 Å². The van der Waals surface area contributed by atoms with E-state index in [2.05, 4.69) is 10.6 Å². The van der Waals surface area contributed by atoms with Crippen molar-refractivity contribution >= 4 is 35.6 Å². The molecule has 3 rings (SSSR count). The quantitative estimate of drug-likeness (QED) is 0.242. The van der Waals surface area contributed by atoms with Gasteiger partial charge >= 0.3 is 12.1 Å². The Labute approximate surface area is 234 Å². The number of carboxylic acids is 1. The summed E-state index contributed by atoms with van der Waals surface area (Å²) in [5.74, 6) is -2.04. The van der Waals surface area contributed by atoms with Crippen molar-refractivity contribution in [2.75, 3.05) is 5.75 Å². The van der Waals surface area contributed by atoms with Crippen LogP contribution in [0.4, 0.5) is 13.2 Å². The number of benzene rings is 3. The highest BCUT2D eigenvalue weighted by Gasteiger charge is 2.30. The summed E-state index contributed by atoms with van der Waals surface area (Å²) in [7, 11) is 0. The number of rotatable bonds is 11. The minimum atomic E-state index is -4.56. The second-order valence-corrected chi connectivity index (χ2v) is 10.3. The van der Waals surface area contributed by atoms with Gasteiger partial charge in [0.15, 0.2) is 0 Å². The first-order valence-corrected chi connectivity index (χ1v) is 13.5. The van der Waals surface area contributed by atoms with Crippen LogP contribution < -0.4 is 10.6 Å². The van der Waals surface area contributed by atoms with Crippen molar-refractivity contribution in [3.8, 4) is 0 Å². The fourth-order valence-corrected chi connectivity index (χ4v) is 4.59. The third-order valence-corrected chi connectivity index (χ3v) is 6.99. The molecule has 0 bridgehead atoms. The van der Waals surface area contributed by atoms with Gasteiger partial charge in [-0.1, -0.05) is 68.4 Å². The molecule has 0 radical (unpaired) electrons. The van der Waals surface area contributed by atoms with Crippen molar-refractivity contribution in [1.29, 1.82) is 0 Å². The second kappa shape index (κ2) is 13.8. The Kier molecular flexibility index (Phi) is 10.6. The zero-order valence-electron chi connectivity index (χ0n) is 21.9. The van der Waals surface area contributed by atoms with Crippen molar-refractivity contribution in [2.45, 2.75) is 37.7 Å². The molecular weight excluding hydrogens is 541 g/mol. The monoisotopic (exact) mass is 570 g/mol. The Morgan fingerprint density at radius 1 is 0.925 bits per heavy atom. The Balaban J connectivity index is 1.80. The van der Waals surface area contributed by atoms with E-state index >= 15 is 0 Å². The highest BCUT2D eigenvalue weighted by Crippen LogP contribution is 2.29. The molecule has 0 unspecified atom stereocenters. The third-order valence-electron chi connectivity index (χ3n) is 5.88. The molecule has 0 aliphatic heterocycles. The number of carbonyl (C=O) groups is 3. The molecule has 6 nitrogen and oxygen atoms in total. The van der Waals surface area contributed by atoms with Crippen LogP contribution >= 0.6 is 11.8 Å². The molecule has 0 aromatic heterocycles. The van der Waals surface area contributed by atoms with E-state index in [1.54, 1.807) is 12.1 Å². The van der Waals surface area contributed by atoms with Gasteiger partial charge in [-0.05, 0) is 52.9 Å². The molecular formula is C30H29F3N2O4S. The molecule has 0 aliphatic rings. The van der Waals surface area contributed by atoms with Gasteiger partial charge in [0.1, 0.15) is 11.7 Å². The molecule has 3 aromatic carbocycles. The molecule has 40 heavy (non-hydrogen) atoms. The first-order chi connectivity index (χ1) is 18.9. The van der Waals surface area contributed by atoms with Gasteiger partial charge in [0.2, 0.25) is 0 Å². The minimum absolute atomic E-state index is 0.0686. The van der Waals surface area contributed by atoms with Gasteiger partial charge in [-0.15, -0.1) is 0 Å². The number of halogens is 3. The van der Waals surface area contributed by atoms with E-state index in [1.165, 1.54) is 17.8 Å². The van der Waals surface area contributed by atoms with Crippen molar-refractivity contribution in [3.63, 3.8) is 0 Å². The lowest BCUT2D eigenvalue weighted by atomic mass is 10.0. The topological polar surface area (TPSA) is 95.5 Å². The molecule has 0 fully saturated rings. The number of thioether (sulfide) groups is 1. The van der Waals surface area contributed by atoms with Crippen LogP contribution in [-0.2, 0) is 21.5 Å². The van der Waals surface area contributed by atoms with Crippen LogP contribution in [0.1, 0.15) is 52.4 Å². The molecule has 2 amide bonds. The van der Waals surface area contributed by atoms with Gasteiger partial charge in [-0.3, -0.25) is 9.59 Å². The summed E-state index contributed by atoms with van der Waals surface area (Å²) in [6.07, 6.45) is -3.18. The Hall–Kier alpha value is -4.05. The lowest BCUT2D eigenvalue weighted by Gasteiger charge is -2.17. The Morgan fingerprint density at radius 3 is 2.10 bits per heavy atom. The Morgan fingerprint density at radius 2 is 1.55 bits per heavy atom. The molecule has 3 N–H and O–H groups in total. The van der Waals surface area contributed by atoms with Crippen molar-refractivity contribution in [2.24, 2.45) is 0 Å². The molecule has 0 saturated heterocycles. The maximum Gasteiger partial charge on any atom is 0.416 e. The van der Waals surface area contributed by atoms with Crippen LogP contribution in [0.15, 0.2) is 84.6 Å². The first-order valence-electron chi connectivity index (χ1n) is 12.4. The van der Waals surface area contributed by atoms with Crippen LogP contribution in [0.25, 0.3) is 6.08 Å². The van der Waals surface area contributed by atoms with Crippen LogP contribution in [-0.4, -0.2) is 34.7 Å². The standard InChI is InChI=1S/C30H29F3N2O4S/c1-19(2)22-10-8-20(9-11-22)16-25(34-27(36)23-12-14-24(15-13-23)30(31,32)33)28(37)35-26(29(38)39)18-40-17-21-6-4-3-5-7-21/h3-16,19,26H,17-18H2,1-2H3,(H,34,36)(H,35,37)(H,38,39)/t26-/m0/s1. The number of carboxylic acid groups (broad SMARTS) is 1. The smallest absolute Gasteiger partial charge is 0.416 e. The molecule has 210 valence electrons. The van der Waals surface area contributed by atoms with Crippen LogP contribution in [0.2, 0.25) is 0 Å². The van der Waals surface area contributed by atoms with Crippen LogP contribution in [0.3, 0.4) is 0 Å². The van der Waals surface area contributed by atoms with Crippen molar-refractivity contribution in [3.05, 3.63) is 112 Å². The highest BCUT2D eigenvalue weighted by molar-refractivity contribution is 7.98. The SMILES string of the molecule is CC(C)c1ccc(C=C(NC(=O)c2ccc(C(F)(F)F)cc2)C(=O)N[C@@H](CSCc2ccccc2)C(=O)O)cc1. The molecule has 3 aromatic rings. The largest absolute Gasteiger partial charge is 0.480 e. The average Bonchev–Trinajstić information content (AvgIpc) is 2.92. The second-order valence-electron chi connectivity index (χ2n) is 9.27. The lowest BCUT2D eigenvalue weighted by molar-refractivity contribution is -0.140. The lowest BCUT2D eigenvalue weighted by Crippen LogP contribution is -2.45. The molecule has 0 saturated carbocycles. The summed E-state index contributed by atoms with van der Waals surface area (Å²) in [5, 5.41) is 14.6.